The van der Waals surface area contributed by atoms with E-state index in [1.54, 1.807) is 37.4 Å². The van der Waals surface area contributed by atoms with Crippen molar-refractivity contribution in [2.45, 2.75) is 37.8 Å². The Morgan fingerprint density at radius 1 is 1.18 bits per heavy atom. The molecule has 0 spiro atoms. The Morgan fingerprint density at radius 2 is 2.00 bits per heavy atom. The number of fused-ring (bicyclic) bond motifs is 3. The molecular formula is C27H23ClFN5O4. The SMILES string of the molecule is CN1C(=O)[C@@H](N2CCc3c(nn(Cc4ccccc4F)c3Cl)C2=O)COc2cc3nc(C4CC4)oc3cc21. The van der Waals surface area contributed by atoms with Gasteiger partial charge in [-0.05, 0) is 25.3 Å². The molecule has 194 valence electrons. The Hall–Kier alpha value is -3.92. The first-order chi connectivity index (χ1) is 18.4. The number of rotatable bonds is 4. The maximum absolute atomic E-state index is 14.2. The largest absolute Gasteiger partial charge is 0.489 e. The van der Waals surface area contributed by atoms with Crippen LogP contribution in [0, 0.1) is 5.82 Å². The van der Waals surface area contributed by atoms with Gasteiger partial charge in [-0.25, -0.2) is 14.1 Å². The Kier molecular flexibility index (Phi) is 5.23. The molecule has 1 saturated carbocycles. The van der Waals surface area contributed by atoms with Gasteiger partial charge in [-0.2, -0.15) is 5.10 Å². The highest BCUT2D eigenvalue weighted by atomic mass is 35.5. The first-order valence-electron chi connectivity index (χ1n) is 12.5. The van der Waals surface area contributed by atoms with Crippen molar-refractivity contribution in [3.8, 4) is 5.75 Å². The molecule has 0 radical (unpaired) electrons. The minimum absolute atomic E-state index is 0.0141. The topological polar surface area (TPSA) is 93.7 Å². The second kappa shape index (κ2) is 8.56. The molecule has 11 heteroatoms. The number of hydrogen-bond acceptors (Lipinski definition) is 6. The average molecular weight is 536 g/mol. The number of carbonyl (C=O) groups is 2. The molecule has 4 aromatic rings. The fourth-order valence-electron chi connectivity index (χ4n) is 5.18. The van der Waals surface area contributed by atoms with E-state index in [1.807, 2.05) is 0 Å². The average Bonchev–Trinajstić information content (AvgIpc) is 3.62. The van der Waals surface area contributed by atoms with Crippen LogP contribution in [0.3, 0.4) is 0 Å². The summed E-state index contributed by atoms with van der Waals surface area (Å²) in [5.41, 5.74) is 3.02. The van der Waals surface area contributed by atoms with E-state index in [0.717, 1.165) is 18.7 Å². The van der Waals surface area contributed by atoms with Crippen LogP contribution in [-0.2, 0) is 17.8 Å². The monoisotopic (exact) mass is 535 g/mol. The highest BCUT2D eigenvalue weighted by Gasteiger charge is 2.41. The van der Waals surface area contributed by atoms with Gasteiger partial charge in [0.25, 0.3) is 11.8 Å². The van der Waals surface area contributed by atoms with Crippen molar-refractivity contribution in [2.24, 2.45) is 0 Å². The van der Waals surface area contributed by atoms with Crippen LogP contribution in [0.5, 0.6) is 5.75 Å². The smallest absolute Gasteiger partial charge is 0.275 e. The molecule has 0 bridgehead atoms. The number of likely N-dealkylation sites (N-methyl/N-ethyl adjacent to an activating group) is 1. The van der Waals surface area contributed by atoms with Gasteiger partial charge in [0.1, 0.15) is 34.9 Å². The van der Waals surface area contributed by atoms with Crippen LogP contribution in [0.1, 0.15) is 46.3 Å². The Balaban J connectivity index is 1.16. The lowest BCUT2D eigenvalue weighted by Crippen LogP contribution is -2.54. The maximum atomic E-state index is 14.2. The minimum atomic E-state index is -0.857. The summed E-state index contributed by atoms with van der Waals surface area (Å²) in [5, 5.41) is 4.71. The van der Waals surface area contributed by atoms with Gasteiger partial charge in [0.2, 0.25) is 0 Å². The zero-order valence-corrected chi connectivity index (χ0v) is 21.2. The lowest BCUT2D eigenvalue weighted by Gasteiger charge is -2.33. The molecule has 2 aromatic heterocycles. The van der Waals surface area contributed by atoms with E-state index in [4.69, 9.17) is 20.8 Å². The normalized spacial score (nSPS) is 19.4. The number of anilines is 1. The van der Waals surface area contributed by atoms with Gasteiger partial charge in [0.05, 0.1) is 12.2 Å². The number of aromatic nitrogens is 3. The first kappa shape index (κ1) is 23.2. The summed E-state index contributed by atoms with van der Waals surface area (Å²) >= 11 is 6.55. The van der Waals surface area contributed by atoms with Gasteiger partial charge >= 0.3 is 0 Å². The molecule has 2 aromatic carbocycles. The number of ether oxygens (including phenoxy) is 1. The third-order valence-corrected chi connectivity index (χ3v) is 7.91. The van der Waals surface area contributed by atoms with Gasteiger partial charge < -0.3 is 19.0 Å². The lowest BCUT2D eigenvalue weighted by atomic mass is 10.0. The summed E-state index contributed by atoms with van der Waals surface area (Å²) in [6, 6.07) is 9.05. The first-order valence-corrected chi connectivity index (χ1v) is 12.9. The van der Waals surface area contributed by atoms with Gasteiger partial charge in [-0.1, -0.05) is 29.8 Å². The van der Waals surface area contributed by atoms with E-state index in [9.17, 15) is 14.0 Å². The molecule has 4 heterocycles. The number of halogens is 2. The van der Waals surface area contributed by atoms with Crippen molar-refractivity contribution >= 4 is 40.2 Å². The molecule has 0 N–H and O–H groups in total. The van der Waals surface area contributed by atoms with Crippen LogP contribution >= 0.6 is 11.6 Å². The van der Waals surface area contributed by atoms with Crippen molar-refractivity contribution in [3.63, 3.8) is 0 Å². The van der Waals surface area contributed by atoms with E-state index < -0.39 is 11.9 Å². The molecule has 0 saturated heterocycles. The van der Waals surface area contributed by atoms with Gasteiger partial charge in [-0.3, -0.25) is 9.59 Å². The zero-order chi connectivity index (χ0) is 26.1. The second-order valence-electron chi connectivity index (χ2n) is 9.95. The molecule has 1 aliphatic carbocycles. The molecule has 38 heavy (non-hydrogen) atoms. The summed E-state index contributed by atoms with van der Waals surface area (Å²) in [7, 11) is 1.66. The highest BCUT2D eigenvalue weighted by Crippen LogP contribution is 2.43. The number of nitrogens with zero attached hydrogens (tertiary/aromatic N) is 5. The van der Waals surface area contributed by atoms with E-state index >= 15 is 0 Å². The summed E-state index contributed by atoms with van der Waals surface area (Å²) in [4.78, 5) is 34.7. The van der Waals surface area contributed by atoms with Crippen LogP contribution in [0.4, 0.5) is 10.1 Å². The van der Waals surface area contributed by atoms with Crippen molar-refractivity contribution in [3.05, 3.63) is 70.1 Å². The van der Waals surface area contributed by atoms with Crippen LogP contribution in [0.15, 0.2) is 40.8 Å². The number of oxazole rings is 1. The Morgan fingerprint density at radius 3 is 2.79 bits per heavy atom. The third-order valence-electron chi connectivity index (χ3n) is 7.49. The number of carbonyl (C=O) groups excluding carboxylic acids is 2. The third kappa shape index (κ3) is 3.65. The number of amides is 2. The molecule has 2 aliphatic heterocycles. The van der Waals surface area contributed by atoms with E-state index in [-0.39, 0.29) is 37.1 Å². The second-order valence-corrected chi connectivity index (χ2v) is 10.3. The molecule has 1 atom stereocenters. The van der Waals surface area contributed by atoms with Gasteiger partial charge in [-0.15, -0.1) is 0 Å². The maximum Gasteiger partial charge on any atom is 0.275 e. The fraction of sp³-hybridized carbons (Fsp3) is 0.333. The van der Waals surface area contributed by atoms with Gasteiger partial charge in [0.15, 0.2) is 17.2 Å². The minimum Gasteiger partial charge on any atom is -0.489 e. The quantitative estimate of drug-likeness (QED) is 0.389. The molecular weight excluding hydrogens is 513 g/mol. The highest BCUT2D eigenvalue weighted by molar-refractivity contribution is 6.31. The van der Waals surface area contributed by atoms with E-state index in [1.165, 1.54) is 20.5 Å². The van der Waals surface area contributed by atoms with Crippen molar-refractivity contribution in [1.29, 1.82) is 0 Å². The zero-order valence-electron chi connectivity index (χ0n) is 20.5. The van der Waals surface area contributed by atoms with Crippen molar-refractivity contribution in [2.75, 3.05) is 25.1 Å². The molecule has 7 rings (SSSR count). The Labute approximate surface area is 221 Å². The van der Waals surface area contributed by atoms with E-state index in [2.05, 4.69) is 10.1 Å². The summed E-state index contributed by atoms with van der Waals surface area (Å²) in [6.45, 7) is 0.349. The molecule has 2 amide bonds. The summed E-state index contributed by atoms with van der Waals surface area (Å²) in [6.07, 6.45) is 2.56. The van der Waals surface area contributed by atoms with Crippen LogP contribution < -0.4 is 9.64 Å². The standard InChI is InChI=1S/C27H23ClFN5O4/c1-32-19-11-21-18(30-25(38-21)14-6-7-14)10-22(19)37-13-20(26(32)35)33-9-8-16-23(27(33)36)31-34(24(16)28)12-15-4-2-3-5-17(15)29/h2-5,10-11,14,20H,6-9,12-13H2,1H3/t20-/m0/s1. The predicted molar refractivity (Wildman–Crippen MR) is 136 cm³/mol. The molecule has 1 fully saturated rings. The summed E-state index contributed by atoms with van der Waals surface area (Å²) in [5.74, 6) is 0.527. The van der Waals surface area contributed by atoms with Crippen LogP contribution in [-0.4, -0.2) is 57.7 Å². The van der Waals surface area contributed by atoms with Crippen molar-refractivity contribution in [1.82, 2.24) is 19.7 Å². The van der Waals surface area contributed by atoms with Crippen molar-refractivity contribution < 1.29 is 23.1 Å². The Bertz CT molecular complexity index is 1630. The number of hydrogen-bond donors (Lipinski definition) is 0. The van der Waals surface area contributed by atoms with E-state index in [0.29, 0.717) is 51.2 Å². The molecule has 9 nitrogen and oxygen atoms in total. The summed E-state index contributed by atoms with van der Waals surface area (Å²) < 4.78 is 27.6. The van der Waals surface area contributed by atoms with Crippen LogP contribution in [0.2, 0.25) is 5.15 Å². The lowest BCUT2D eigenvalue weighted by molar-refractivity contribution is -0.123. The van der Waals surface area contributed by atoms with Crippen LogP contribution in [0.25, 0.3) is 11.1 Å². The van der Waals surface area contributed by atoms with Gasteiger partial charge in [0, 0.05) is 42.8 Å². The molecule has 0 unspecified atom stereocenters. The molecule has 3 aliphatic rings. The fourth-order valence-corrected chi connectivity index (χ4v) is 5.46. The number of benzene rings is 2. The predicted octanol–water partition coefficient (Wildman–Crippen LogP) is 4.16.